The van der Waals surface area contributed by atoms with Crippen LogP contribution in [0.25, 0.3) is 22.0 Å². The second-order valence-electron chi connectivity index (χ2n) is 9.04. The number of piperidine rings is 1. The summed E-state index contributed by atoms with van der Waals surface area (Å²) in [5, 5.41) is 0.701. The number of nitrogens with zero attached hydrogens (tertiary/aromatic N) is 4. The van der Waals surface area contributed by atoms with Crippen molar-refractivity contribution in [2.75, 3.05) is 39.3 Å². The third-order valence-corrected chi connectivity index (χ3v) is 7.80. The van der Waals surface area contributed by atoms with Crippen molar-refractivity contribution < 1.29 is 14.0 Å². The summed E-state index contributed by atoms with van der Waals surface area (Å²) >= 11 is 1.37. The lowest BCUT2D eigenvalue weighted by molar-refractivity contribution is -0.136. The van der Waals surface area contributed by atoms with Gasteiger partial charge in [0.05, 0.1) is 18.5 Å². The molecule has 2 fully saturated rings. The third-order valence-electron chi connectivity index (χ3n) is 6.74. The van der Waals surface area contributed by atoms with E-state index in [9.17, 15) is 9.59 Å². The van der Waals surface area contributed by atoms with Gasteiger partial charge in [-0.25, -0.2) is 4.98 Å². The molecular weight excluding hydrogens is 448 g/mol. The molecule has 1 unspecified atom stereocenters. The fraction of sp³-hybridized carbons (Fsp3) is 0.423. The van der Waals surface area contributed by atoms with Crippen LogP contribution in [0.4, 0.5) is 0 Å². The normalized spacial score (nSPS) is 19.4. The van der Waals surface area contributed by atoms with Crippen molar-refractivity contribution in [2.45, 2.75) is 32.2 Å². The minimum atomic E-state index is -0.00946. The second kappa shape index (κ2) is 10.1. The van der Waals surface area contributed by atoms with E-state index in [1.165, 1.54) is 17.8 Å². The summed E-state index contributed by atoms with van der Waals surface area (Å²) < 4.78 is 5.54. The number of hydrogen-bond donors (Lipinski definition) is 0. The van der Waals surface area contributed by atoms with Gasteiger partial charge in [0.15, 0.2) is 10.8 Å². The average molecular weight is 479 g/mol. The van der Waals surface area contributed by atoms with E-state index in [0.29, 0.717) is 60.1 Å². The molecule has 2 saturated heterocycles. The maximum absolute atomic E-state index is 13.6. The maximum Gasteiger partial charge on any atom is 0.266 e. The van der Waals surface area contributed by atoms with Gasteiger partial charge >= 0.3 is 0 Å². The van der Waals surface area contributed by atoms with Gasteiger partial charge in [0, 0.05) is 44.3 Å². The smallest absolute Gasteiger partial charge is 0.266 e. The minimum Gasteiger partial charge on any atom is -0.462 e. The molecule has 8 heteroatoms. The van der Waals surface area contributed by atoms with Crippen molar-refractivity contribution in [3.05, 3.63) is 53.6 Å². The first-order valence-corrected chi connectivity index (χ1v) is 12.8. The van der Waals surface area contributed by atoms with Crippen LogP contribution in [0.5, 0.6) is 0 Å². The summed E-state index contributed by atoms with van der Waals surface area (Å²) in [7, 11) is 0. The van der Waals surface area contributed by atoms with E-state index >= 15 is 0 Å². The first kappa shape index (κ1) is 22.8. The molecule has 0 N–H and O–H groups in total. The highest BCUT2D eigenvalue weighted by atomic mass is 32.1. The molecule has 2 aromatic heterocycles. The Balaban J connectivity index is 1.28. The predicted molar refractivity (Wildman–Crippen MR) is 133 cm³/mol. The molecule has 1 aromatic carbocycles. The molecule has 0 aliphatic carbocycles. The maximum atomic E-state index is 13.6. The number of carbonyl (C=O) groups excluding carboxylic acids is 2. The fourth-order valence-electron chi connectivity index (χ4n) is 4.77. The number of likely N-dealkylation sites (tertiary alicyclic amines) is 1. The van der Waals surface area contributed by atoms with Gasteiger partial charge < -0.3 is 14.2 Å². The van der Waals surface area contributed by atoms with Crippen LogP contribution in [-0.2, 0) is 4.79 Å². The van der Waals surface area contributed by atoms with Crippen molar-refractivity contribution >= 4 is 23.2 Å². The van der Waals surface area contributed by atoms with Crippen LogP contribution in [0.15, 0.2) is 53.1 Å². The summed E-state index contributed by atoms with van der Waals surface area (Å²) in [6, 6.07) is 13.8. The van der Waals surface area contributed by atoms with E-state index in [0.717, 1.165) is 24.9 Å². The number of benzene rings is 1. The standard InChI is InChI=1S/C26H30N4O3S/c1-19-8-5-6-12-30(19)22(31)18-28-13-15-29(16-14-28)26(32)24-23(20-9-3-2-4-10-20)27-25(34-24)21-11-7-17-33-21/h2-4,7,9-11,17,19H,5-6,8,12-16,18H2,1H3. The largest absolute Gasteiger partial charge is 0.462 e. The molecule has 2 amide bonds. The third kappa shape index (κ3) is 4.79. The SMILES string of the molecule is CC1CCCCN1C(=O)CN1CCN(C(=O)c2sc(-c3ccco3)nc2-c2ccccc2)CC1. The number of furan rings is 1. The van der Waals surface area contributed by atoms with Gasteiger partial charge in [0.1, 0.15) is 4.88 Å². The van der Waals surface area contributed by atoms with Gasteiger partial charge in [-0.15, -0.1) is 11.3 Å². The molecule has 0 radical (unpaired) electrons. The van der Waals surface area contributed by atoms with Gasteiger partial charge in [0.25, 0.3) is 5.91 Å². The number of amides is 2. The first-order chi connectivity index (χ1) is 16.6. The Morgan fingerprint density at radius 1 is 1.03 bits per heavy atom. The summed E-state index contributed by atoms with van der Waals surface area (Å²) in [6.45, 7) is 6.04. The summed E-state index contributed by atoms with van der Waals surface area (Å²) in [5.41, 5.74) is 1.61. The lowest BCUT2D eigenvalue weighted by Crippen LogP contribution is -2.53. The van der Waals surface area contributed by atoms with Crippen molar-refractivity contribution in [1.29, 1.82) is 0 Å². The molecule has 4 heterocycles. The topological polar surface area (TPSA) is 69.9 Å². The monoisotopic (exact) mass is 478 g/mol. The second-order valence-corrected chi connectivity index (χ2v) is 10.0. The highest BCUT2D eigenvalue weighted by Gasteiger charge is 2.30. The van der Waals surface area contributed by atoms with E-state index < -0.39 is 0 Å². The minimum absolute atomic E-state index is 0.00946. The van der Waals surface area contributed by atoms with Crippen LogP contribution in [-0.4, -0.2) is 76.8 Å². The number of rotatable bonds is 5. The van der Waals surface area contributed by atoms with Gasteiger partial charge in [-0.1, -0.05) is 30.3 Å². The van der Waals surface area contributed by atoms with Crippen LogP contribution in [0, 0.1) is 0 Å². The zero-order valence-electron chi connectivity index (χ0n) is 19.5. The van der Waals surface area contributed by atoms with E-state index in [1.807, 2.05) is 52.3 Å². The zero-order chi connectivity index (χ0) is 23.5. The predicted octanol–water partition coefficient (Wildman–Crippen LogP) is 4.23. The van der Waals surface area contributed by atoms with Crippen molar-refractivity contribution in [3.8, 4) is 22.0 Å². The number of hydrogen-bond acceptors (Lipinski definition) is 6. The Morgan fingerprint density at radius 3 is 2.53 bits per heavy atom. The average Bonchev–Trinajstić information content (AvgIpc) is 3.55. The van der Waals surface area contributed by atoms with Gasteiger partial charge in [0.2, 0.25) is 5.91 Å². The molecule has 0 saturated carbocycles. The van der Waals surface area contributed by atoms with Crippen molar-refractivity contribution in [3.63, 3.8) is 0 Å². The Morgan fingerprint density at radius 2 is 1.82 bits per heavy atom. The van der Waals surface area contributed by atoms with E-state index in [1.54, 1.807) is 6.26 Å². The Labute approximate surface area is 204 Å². The fourth-order valence-corrected chi connectivity index (χ4v) is 5.79. The molecule has 2 aliphatic heterocycles. The molecule has 0 spiro atoms. The van der Waals surface area contributed by atoms with Crippen LogP contribution < -0.4 is 0 Å². The highest BCUT2D eigenvalue weighted by Crippen LogP contribution is 2.35. The van der Waals surface area contributed by atoms with Crippen molar-refractivity contribution in [1.82, 2.24) is 19.7 Å². The Hall–Kier alpha value is -2.97. The van der Waals surface area contributed by atoms with Crippen LogP contribution in [0.3, 0.4) is 0 Å². The summed E-state index contributed by atoms with van der Waals surface area (Å²) in [6.07, 6.45) is 5.01. The molecular formula is C26H30N4O3S. The first-order valence-electron chi connectivity index (χ1n) is 12.0. The van der Waals surface area contributed by atoms with E-state index in [4.69, 9.17) is 9.40 Å². The van der Waals surface area contributed by atoms with E-state index in [-0.39, 0.29) is 11.8 Å². The lowest BCUT2D eigenvalue weighted by Gasteiger charge is -2.38. The molecule has 2 aliphatic rings. The Kier molecular flexibility index (Phi) is 6.78. The van der Waals surface area contributed by atoms with Crippen molar-refractivity contribution in [2.24, 2.45) is 0 Å². The van der Waals surface area contributed by atoms with Gasteiger partial charge in [-0.2, -0.15) is 0 Å². The van der Waals surface area contributed by atoms with Crippen LogP contribution in [0.1, 0.15) is 35.9 Å². The molecule has 5 rings (SSSR count). The van der Waals surface area contributed by atoms with Gasteiger partial charge in [-0.05, 0) is 38.3 Å². The summed E-state index contributed by atoms with van der Waals surface area (Å²) in [5.74, 6) is 0.866. The number of aromatic nitrogens is 1. The van der Waals surface area contributed by atoms with Crippen LogP contribution >= 0.6 is 11.3 Å². The molecule has 178 valence electrons. The molecule has 3 aromatic rings. The zero-order valence-corrected chi connectivity index (χ0v) is 20.3. The molecule has 1 atom stereocenters. The number of piperazine rings is 1. The molecule has 0 bridgehead atoms. The van der Waals surface area contributed by atoms with Gasteiger partial charge in [-0.3, -0.25) is 14.5 Å². The number of thiazole rings is 1. The number of carbonyl (C=O) groups is 2. The quantitative estimate of drug-likeness (QED) is 0.549. The summed E-state index contributed by atoms with van der Waals surface area (Å²) in [4.78, 5) is 37.9. The molecule has 34 heavy (non-hydrogen) atoms. The molecule has 7 nitrogen and oxygen atoms in total. The Bertz CT molecular complexity index is 1120. The van der Waals surface area contributed by atoms with E-state index in [2.05, 4.69) is 11.8 Å². The highest BCUT2D eigenvalue weighted by molar-refractivity contribution is 7.17. The van der Waals surface area contributed by atoms with Crippen LogP contribution in [0.2, 0.25) is 0 Å². The lowest BCUT2D eigenvalue weighted by atomic mass is 10.0.